The highest BCUT2D eigenvalue weighted by molar-refractivity contribution is 7.98. The van der Waals surface area contributed by atoms with Gasteiger partial charge >= 0.3 is 0 Å². The molecule has 15 heavy (non-hydrogen) atoms. The van der Waals surface area contributed by atoms with Crippen molar-refractivity contribution in [1.29, 1.82) is 0 Å². The van der Waals surface area contributed by atoms with Crippen LogP contribution in [0.3, 0.4) is 0 Å². The first-order valence-corrected chi connectivity index (χ1v) is 6.98. The Labute approximate surface area is 95.6 Å². The molecular formula is C13H17NS. The van der Waals surface area contributed by atoms with Gasteiger partial charge < -0.3 is 5.32 Å². The van der Waals surface area contributed by atoms with Crippen LogP contribution < -0.4 is 5.32 Å². The van der Waals surface area contributed by atoms with Gasteiger partial charge in [-0.1, -0.05) is 24.3 Å². The van der Waals surface area contributed by atoms with E-state index >= 15 is 0 Å². The van der Waals surface area contributed by atoms with Crippen molar-refractivity contribution in [3.63, 3.8) is 0 Å². The maximum atomic E-state index is 3.72. The summed E-state index contributed by atoms with van der Waals surface area (Å²) < 4.78 is 0. The Hall–Kier alpha value is -0.470. The third kappa shape index (κ3) is 2.21. The fraction of sp³-hybridized carbons (Fsp3) is 0.538. The molecule has 1 aliphatic heterocycles. The fourth-order valence-electron chi connectivity index (χ4n) is 2.18. The van der Waals surface area contributed by atoms with Crippen LogP contribution in [0.4, 0.5) is 0 Å². The molecule has 80 valence electrons. The average molecular weight is 219 g/mol. The van der Waals surface area contributed by atoms with E-state index in [9.17, 15) is 0 Å². The van der Waals surface area contributed by atoms with Gasteiger partial charge in [-0.05, 0) is 36.4 Å². The van der Waals surface area contributed by atoms with Gasteiger partial charge in [0.25, 0.3) is 0 Å². The van der Waals surface area contributed by atoms with Gasteiger partial charge in [0.1, 0.15) is 0 Å². The van der Waals surface area contributed by atoms with Crippen LogP contribution in [0.1, 0.15) is 30.0 Å². The predicted octanol–water partition coefficient (Wildman–Crippen LogP) is 2.97. The summed E-state index contributed by atoms with van der Waals surface area (Å²) in [6.07, 6.45) is 2.88. The number of hydrogen-bond donors (Lipinski definition) is 1. The molecule has 1 N–H and O–H groups in total. The predicted molar refractivity (Wildman–Crippen MR) is 66.1 cm³/mol. The molecular weight excluding hydrogens is 202 g/mol. The largest absolute Gasteiger partial charge is 0.309 e. The normalized spacial score (nSPS) is 24.9. The van der Waals surface area contributed by atoms with Crippen molar-refractivity contribution in [1.82, 2.24) is 5.32 Å². The lowest BCUT2D eigenvalue weighted by molar-refractivity contribution is 0.549. The molecule has 1 atom stereocenters. The maximum Gasteiger partial charge on any atom is 0.0415 e. The summed E-state index contributed by atoms with van der Waals surface area (Å²) in [5.41, 5.74) is 3.07. The summed E-state index contributed by atoms with van der Waals surface area (Å²) in [6.45, 7) is 1.22. The second-order valence-electron chi connectivity index (χ2n) is 4.62. The maximum absolute atomic E-state index is 3.72. The monoisotopic (exact) mass is 219 g/mol. The first-order chi connectivity index (χ1) is 7.43. The molecule has 1 aliphatic carbocycles. The Morgan fingerprint density at radius 1 is 1.27 bits per heavy atom. The molecule has 1 nitrogen and oxygen atoms in total. The van der Waals surface area contributed by atoms with Gasteiger partial charge in [0.2, 0.25) is 0 Å². The summed E-state index contributed by atoms with van der Waals surface area (Å²) in [5, 5.41) is 3.72. The van der Waals surface area contributed by atoms with E-state index in [2.05, 4.69) is 41.3 Å². The average Bonchev–Trinajstić information content (AvgIpc) is 3.10. The lowest BCUT2D eigenvalue weighted by Crippen LogP contribution is -2.28. The Balaban J connectivity index is 1.73. The summed E-state index contributed by atoms with van der Waals surface area (Å²) in [4.78, 5) is 0. The SMILES string of the molecule is c1ccc2c(c1)CSCC2NCC1CC1. The Morgan fingerprint density at radius 2 is 2.13 bits per heavy atom. The molecule has 0 aromatic heterocycles. The van der Waals surface area contributed by atoms with E-state index in [1.165, 1.54) is 42.0 Å². The van der Waals surface area contributed by atoms with Crippen LogP contribution >= 0.6 is 11.8 Å². The van der Waals surface area contributed by atoms with Crippen LogP contribution in [0, 0.1) is 5.92 Å². The van der Waals surface area contributed by atoms with Gasteiger partial charge in [0.05, 0.1) is 0 Å². The van der Waals surface area contributed by atoms with Crippen molar-refractivity contribution in [2.24, 2.45) is 5.92 Å². The van der Waals surface area contributed by atoms with Crippen LogP contribution in [0.2, 0.25) is 0 Å². The van der Waals surface area contributed by atoms with E-state index in [1.54, 1.807) is 0 Å². The second kappa shape index (κ2) is 4.18. The van der Waals surface area contributed by atoms with Crippen molar-refractivity contribution in [3.8, 4) is 0 Å². The standard InChI is InChI=1S/C13H17NS/c1-2-4-12-11(3-1)8-15-9-13(12)14-7-10-5-6-10/h1-4,10,13-14H,5-9H2. The van der Waals surface area contributed by atoms with E-state index in [-0.39, 0.29) is 0 Å². The van der Waals surface area contributed by atoms with Crippen LogP contribution in [-0.2, 0) is 5.75 Å². The van der Waals surface area contributed by atoms with E-state index in [4.69, 9.17) is 0 Å². The van der Waals surface area contributed by atoms with Crippen molar-refractivity contribution in [2.45, 2.75) is 24.6 Å². The van der Waals surface area contributed by atoms with E-state index < -0.39 is 0 Å². The zero-order chi connectivity index (χ0) is 10.1. The topological polar surface area (TPSA) is 12.0 Å². The molecule has 0 amide bonds. The molecule has 1 saturated carbocycles. The highest BCUT2D eigenvalue weighted by Crippen LogP contribution is 2.33. The first-order valence-electron chi connectivity index (χ1n) is 5.82. The van der Waals surface area contributed by atoms with Gasteiger partial charge in [0, 0.05) is 17.5 Å². The number of nitrogens with one attached hydrogen (secondary N) is 1. The van der Waals surface area contributed by atoms with Crippen molar-refractivity contribution in [3.05, 3.63) is 35.4 Å². The summed E-state index contributed by atoms with van der Waals surface area (Å²) >= 11 is 2.06. The molecule has 1 fully saturated rings. The van der Waals surface area contributed by atoms with E-state index in [0.29, 0.717) is 6.04 Å². The molecule has 3 rings (SSSR count). The molecule has 1 unspecified atom stereocenters. The number of rotatable bonds is 3. The van der Waals surface area contributed by atoms with Crippen molar-refractivity contribution in [2.75, 3.05) is 12.3 Å². The number of fused-ring (bicyclic) bond motifs is 1. The van der Waals surface area contributed by atoms with Crippen LogP contribution in [-0.4, -0.2) is 12.3 Å². The van der Waals surface area contributed by atoms with E-state index in [0.717, 1.165) is 5.92 Å². The zero-order valence-electron chi connectivity index (χ0n) is 8.91. The summed E-state index contributed by atoms with van der Waals surface area (Å²) in [6, 6.07) is 9.48. The molecule has 0 saturated heterocycles. The Morgan fingerprint density at radius 3 is 3.00 bits per heavy atom. The molecule has 0 spiro atoms. The Kier molecular flexibility index (Phi) is 2.72. The van der Waals surface area contributed by atoms with Crippen LogP contribution in [0.25, 0.3) is 0 Å². The van der Waals surface area contributed by atoms with Gasteiger partial charge in [-0.3, -0.25) is 0 Å². The molecule has 1 aromatic rings. The third-order valence-electron chi connectivity index (χ3n) is 3.32. The zero-order valence-corrected chi connectivity index (χ0v) is 9.72. The molecule has 2 heteroatoms. The van der Waals surface area contributed by atoms with E-state index in [1.807, 2.05) is 0 Å². The highest BCUT2D eigenvalue weighted by Gasteiger charge is 2.24. The van der Waals surface area contributed by atoms with Crippen molar-refractivity contribution < 1.29 is 0 Å². The highest BCUT2D eigenvalue weighted by atomic mass is 32.2. The summed E-state index contributed by atoms with van der Waals surface area (Å²) in [7, 11) is 0. The number of hydrogen-bond acceptors (Lipinski definition) is 2. The van der Waals surface area contributed by atoms with Gasteiger partial charge in [-0.25, -0.2) is 0 Å². The number of thioether (sulfide) groups is 1. The molecule has 2 aliphatic rings. The van der Waals surface area contributed by atoms with Gasteiger partial charge in [-0.15, -0.1) is 0 Å². The van der Waals surface area contributed by atoms with Crippen LogP contribution in [0.15, 0.2) is 24.3 Å². The molecule has 1 aromatic carbocycles. The van der Waals surface area contributed by atoms with Crippen molar-refractivity contribution >= 4 is 11.8 Å². The van der Waals surface area contributed by atoms with Crippen LogP contribution in [0.5, 0.6) is 0 Å². The summed E-state index contributed by atoms with van der Waals surface area (Å²) in [5.74, 6) is 3.41. The molecule has 0 bridgehead atoms. The minimum absolute atomic E-state index is 0.598. The molecule has 1 heterocycles. The minimum atomic E-state index is 0.598. The number of benzene rings is 1. The lowest BCUT2D eigenvalue weighted by Gasteiger charge is -2.26. The quantitative estimate of drug-likeness (QED) is 0.839. The fourth-order valence-corrected chi connectivity index (χ4v) is 3.32. The lowest BCUT2D eigenvalue weighted by atomic mass is 10.0. The van der Waals surface area contributed by atoms with Gasteiger partial charge in [0.15, 0.2) is 0 Å². The second-order valence-corrected chi connectivity index (χ2v) is 5.65. The third-order valence-corrected chi connectivity index (χ3v) is 4.41. The first kappa shape index (κ1) is 9.73. The molecule has 0 radical (unpaired) electrons. The Bertz CT molecular complexity index is 346. The smallest absolute Gasteiger partial charge is 0.0415 e. The van der Waals surface area contributed by atoms with Gasteiger partial charge in [-0.2, -0.15) is 11.8 Å². The minimum Gasteiger partial charge on any atom is -0.309 e.